The molecule has 1 aromatic carbocycles. The maximum absolute atomic E-state index is 11.0. The average molecular weight is 231 g/mol. The highest BCUT2D eigenvalue weighted by atomic mass is 16.4. The van der Waals surface area contributed by atoms with E-state index in [2.05, 4.69) is 29.2 Å². The van der Waals surface area contributed by atoms with Crippen molar-refractivity contribution < 1.29 is 9.90 Å². The van der Waals surface area contributed by atoms with Crippen LogP contribution in [0.1, 0.15) is 30.0 Å². The number of hydrogen-bond acceptors (Lipinski definition) is 2. The molecule has 1 heterocycles. The summed E-state index contributed by atoms with van der Waals surface area (Å²) in [5, 5.41) is 9.04. The Balaban J connectivity index is 1.78. The van der Waals surface area contributed by atoms with Gasteiger partial charge in [-0.25, -0.2) is 0 Å². The maximum atomic E-state index is 11.0. The standard InChI is InChI=1S/C14H17NO2/c16-14(17)11-7-8-15(9-11)13-6-5-10-3-1-2-4-12(10)13/h1-4,11,13H,5-9H2,(H,16,17). The molecule has 3 heteroatoms. The van der Waals surface area contributed by atoms with Crippen LogP contribution in [-0.2, 0) is 11.2 Å². The maximum Gasteiger partial charge on any atom is 0.307 e. The zero-order chi connectivity index (χ0) is 11.8. The Hall–Kier alpha value is -1.35. The second-order valence-corrected chi connectivity index (χ2v) is 5.07. The Kier molecular flexibility index (Phi) is 2.63. The highest BCUT2D eigenvalue weighted by Crippen LogP contribution is 2.38. The van der Waals surface area contributed by atoms with Gasteiger partial charge in [-0.2, -0.15) is 0 Å². The topological polar surface area (TPSA) is 40.5 Å². The number of benzene rings is 1. The monoisotopic (exact) mass is 231 g/mol. The van der Waals surface area contributed by atoms with Crippen LogP contribution in [0.25, 0.3) is 0 Å². The van der Waals surface area contributed by atoms with Crippen LogP contribution in [0.15, 0.2) is 24.3 Å². The molecule has 0 amide bonds. The number of likely N-dealkylation sites (tertiary alicyclic amines) is 1. The SMILES string of the molecule is O=C(O)C1CCN(C2CCc3ccccc32)C1. The van der Waals surface area contributed by atoms with Crippen molar-refractivity contribution in [2.45, 2.75) is 25.3 Å². The lowest BCUT2D eigenvalue weighted by Crippen LogP contribution is -2.26. The summed E-state index contributed by atoms with van der Waals surface area (Å²) in [6.45, 7) is 1.64. The first-order valence-electron chi connectivity index (χ1n) is 6.30. The van der Waals surface area contributed by atoms with Crippen LogP contribution in [0.5, 0.6) is 0 Å². The lowest BCUT2D eigenvalue weighted by atomic mass is 10.1. The van der Waals surface area contributed by atoms with E-state index in [4.69, 9.17) is 5.11 Å². The fourth-order valence-corrected chi connectivity index (χ4v) is 3.19. The molecule has 0 saturated carbocycles. The van der Waals surface area contributed by atoms with Crippen LogP contribution < -0.4 is 0 Å². The molecule has 90 valence electrons. The molecule has 1 N–H and O–H groups in total. The minimum Gasteiger partial charge on any atom is -0.481 e. The second kappa shape index (κ2) is 4.15. The van der Waals surface area contributed by atoms with Crippen molar-refractivity contribution in [1.29, 1.82) is 0 Å². The van der Waals surface area contributed by atoms with Crippen molar-refractivity contribution in [3.8, 4) is 0 Å². The van der Waals surface area contributed by atoms with Gasteiger partial charge < -0.3 is 5.11 Å². The van der Waals surface area contributed by atoms with Crippen LogP contribution in [0.2, 0.25) is 0 Å². The van der Waals surface area contributed by atoms with E-state index in [1.165, 1.54) is 11.1 Å². The summed E-state index contributed by atoms with van der Waals surface area (Å²) < 4.78 is 0. The van der Waals surface area contributed by atoms with Gasteiger partial charge in [-0.15, -0.1) is 0 Å². The summed E-state index contributed by atoms with van der Waals surface area (Å²) in [4.78, 5) is 13.3. The number of rotatable bonds is 2. The minimum atomic E-state index is -0.640. The molecule has 1 aromatic rings. The first-order valence-corrected chi connectivity index (χ1v) is 6.30. The lowest BCUT2D eigenvalue weighted by molar-refractivity contribution is -0.141. The quantitative estimate of drug-likeness (QED) is 0.847. The van der Waals surface area contributed by atoms with Crippen LogP contribution >= 0.6 is 0 Å². The average Bonchev–Trinajstić information content (AvgIpc) is 2.95. The van der Waals surface area contributed by atoms with Crippen LogP contribution in [0, 0.1) is 5.92 Å². The van der Waals surface area contributed by atoms with E-state index in [1.54, 1.807) is 0 Å². The Labute approximate surface area is 101 Å². The van der Waals surface area contributed by atoms with Crippen molar-refractivity contribution in [2.75, 3.05) is 13.1 Å². The number of hydrogen-bond donors (Lipinski definition) is 1. The zero-order valence-electron chi connectivity index (χ0n) is 9.80. The molecule has 0 aromatic heterocycles. The van der Waals surface area contributed by atoms with E-state index in [0.717, 1.165) is 25.8 Å². The summed E-state index contributed by atoms with van der Waals surface area (Å²) in [6, 6.07) is 9.02. The molecule has 3 nitrogen and oxygen atoms in total. The van der Waals surface area contributed by atoms with Crippen molar-refractivity contribution in [2.24, 2.45) is 5.92 Å². The number of nitrogens with zero attached hydrogens (tertiary/aromatic N) is 1. The van der Waals surface area contributed by atoms with Gasteiger partial charge in [0.05, 0.1) is 5.92 Å². The summed E-state index contributed by atoms with van der Waals surface area (Å²) >= 11 is 0. The van der Waals surface area contributed by atoms with Gasteiger partial charge in [-0.1, -0.05) is 24.3 Å². The van der Waals surface area contributed by atoms with E-state index in [-0.39, 0.29) is 5.92 Å². The number of carboxylic acids is 1. The number of carboxylic acid groups (broad SMARTS) is 1. The molecule has 2 unspecified atom stereocenters. The molecule has 3 rings (SSSR count). The van der Waals surface area contributed by atoms with Gasteiger partial charge in [0.1, 0.15) is 0 Å². The normalized spacial score (nSPS) is 28.2. The molecule has 2 atom stereocenters. The molecule has 2 aliphatic rings. The smallest absolute Gasteiger partial charge is 0.307 e. The highest BCUT2D eigenvalue weighted by Gasteiger charge is 2.35. The molecule has 1 aliphatic heterocycles. The van der Waals surface area contributed by atoms with Gasteiger partial charge in [0.2, 0.25) is 0 Å². The van der Waals surface area contributed by atoms with Crippen molar-refractivity contribution in [3.63, 3.8) is 0 Å². The Morgan fingerprint density at radius 3 is 2.88 bits per heavy atom. The van der Waals surface area contributed by atoms with E-state index < -0.39 is 5.97 Å². The Bertz CT molecular complexity index is 444. The zero-order valence-corrected chi connectivity index (χ0v) is 9.80. The third-order valence-electron chi connectivity index (χ3n) is 4.11. The minimum absolute atomic E-state index is 0.164. The van der Waals surface area contributed by atoms with Gasteiger partial charge in [0, 0.05) is 12.6 Å². The summed E-state index contributed by atoms with van der Waals surface area (Å²) in [6.07, 6.45) is 3.08. The van der Waals surface area contributed by atoms with E-state index in [9.17, 15) is 4.79 Å². The van der Waals surface area contributed by atoms with Crippen molar-refractivity contribution >= 4 is 5.97 Å². The molecule has 0 radical (unpaired) electrons. The number of aliphatic carboxylic acids is 1. The van der Waals surface area contributed by atoms with E-state index >= 15 is 0 Å². The molecular formula is C14H17NO2. The summed E-state index contributed by atoms with van der Waals surface area (Å²) in [7, 11) is 0. The number of fused-ring (bicyclic) bond motifs is 1. The molecule has 0 spiro atoms. The fraction of sp³-hybridized carbons (Fsp3) is 0.500. The van der Waals surface area contributed by atoms with Crippen molar-refractivity contribution in [1.82, 2.24) is 4.90 Å². The summed E-state index contributed by atoms with van der Waals surface area (Å²) in [5.74, 6) is -0.804. The molecule has 1 aliphatic carbocycles. The van der Waals surface area contributed by atoms with Gasteiger partial charge in [0.15, 0.2) is 0 Å². The van der Waals surface area contributed by atoms with Gasteiger partial charge >= 0.3 is 5.97 Å². The van der Waals surface area contributed by atoms with Crippen LogP contribution in [0.3, 0.4) is 0 Å². The predicted octanol–water partition coefficient (Wildman–Crippen LogP) is 2.08. The van der Waals surface area contributed by atoms with Gasteiger partial charge in [-0.05, 0) is 36.9 Å². The lowest BCUT2D eigenvalue weighted by Gasteiger charge is -2.24. The number of carbonyl (C=O) groups is 1. The molecule has 1 fully saturated rings. The van der Waals surface area contributed by atoms with Gasteiger partial charge in [0.25, 0.3) is 0 Å². The first kappa shape index (κ1) is 10.8. The van der Waals surface area contributed by atoms with Crippen LogP contribution in [-0.4, -0.2) is 29.1 Å². The Morgan fingerprint density at radius 1 is 1.29 bits per heavy atom. The predicted molar refractivity (Wildman–Crippen MR) is 64.8 cm³/mol. The fourth-order valence-electron chi connectivity index (χ4n) is 3.19. The number of aryl methyl sites for hydroxylation is 1. The third-order valence-corrected chi connectivity index (χ3v) is 4.11. The second-order valence-electron chi connectivity index (χ2n) is 5.07. The van der Waals surface area contributed by atoms with E-state index in [0.29, 0.717) is 12.6 Å². The van der Waals surface area contributed by atoms with Crippen molar-refractivity contribution in [3.05, 3.63) is 35.4 Å². The highest BCUT2D eigenvalue weighted by molar-refractivity contribution is 5.70. The largest absolute Gasteiger partial charge is 0.481 e. The third kappa shape index (κ3) is 1.84. The first-order chi connectivity index (χ1) is 8.25. The molecule has 0 bridgehead atoms. The van der Waals surface area contributed by atoms with E-state index in [1.807, 2.05) is 0 Å². The summed E-state index contributed by atoms with van der Waals surface area (Å²) in [5.41, 5.74) is 2.86. The Morgan fingerprint density at radius 2 is 2.12 bits per heavy atom. The van der Waals surface area contributed by atoms with Crippen LogP contribution in [0.4, 0.5) is 0 Å². The molecule has 17 heavy (non-hydrogen) atoms. The molecule has 1 saturated heterocycles. The molecular weight excluding hydrogens is 214 g/mol. The van der Waals surface area contributed by atoms with Gasteiger partial charge in [-0.3, -0.25) is 9.69 Å².